The summed E-state index contributed by atoms with van der Waals surface area (Å²) in [6, 6.07) is 16.2. The lowest BCUT2D eigenvalue weighted by molar-refractivity contribution is 0.0809. The lowest BCUT2D eigenvalue weighted by atomic mass is 9.94. The molecule has 2 aromatic carbocycles. The number of hydrogen-bond donors (Lipinski definition) is 0. The van der Waals surface area contributed by atoms with Crippen molar-refractivity contribution in [1.82, 2.24) is 4.90 Å². The molecule has 0 N–H and O–H groups in total. The molecule has 132 valence electrons. The number of nitrogens with zero attached hydrogens (tertiary/aromatic N) is 1. The van der Waals surface area contributed by atoms with Crippen molar-refractivity contribution in [2.45, 2.75) is 19.1 Å². The Morgan fingerprint density at radius 1 is 1.12 bits per heavy atom. The van der Waals surface area contributed by atoms with E-state index in [0.717, 1.165) is 16.7 Å². The van der Waals surface area contributed by atoms with Crippen molar-refractivity contribution in [3.8, 4) is 0 Å². The van der Waals surface area contributed by atoms with Crippen LogP contribution in [0.4, 0.5) is 4.79 Å². The fourth-order valence-corrected chi connectivity index (χ4v) is 4.14. The van der Waals surface area contributed by atoms with Gasteiger partial charge in [-0.3, -0.25) is 4.90 Å². The van der Waals surface area contributed by atoms with E-state index >= 15 is 0 Å². The van der Waals surface area contributed by atoms with Crippen molar-refractivity contribution in [2.75, 3.05) is 12.3 Å². The van der Waals surface area contributed by atoms with Crippen LogP contribution >= 0.6 is 10.7 Å². The number of amides is 1. The summed E-state index contributed by atoms with van der Waals surface area (Å²) in [5, 5.41) is 0. The first-order chi connectivity index (χ1) is 11.9. The van der Waals surface area contributed by atoms with Crippen LogP contribution in [0.5, 0.6) is 0 Å². The summed E-state index contributed by atoms with van der Waals surface area (Å²) in [7, 11) is 1.69. The van der Waals surface area contributed by atoms with E-state index in [9.17, 15) is 13.2 Å². The zero-order valence-electron chi connectivity index (χ0n) is 13.5. The largest absolute Gasteiger partial charge is 0.445 e. The molecule has 0 fully saturated rings. The molecule has 2 aromatic rings. The van der Waals surface area contributed by atoms with E-state index < -0.39 is 21.2 Å². The number of rotatable bonds is 4. The number of carbonyl (C=O) groups is 1. The van der Waals surface area contributed by atoms with E-state index in [-0.39, 0.29) is 12.4 Å². The Labute approximate surface area is 151 Å². The molecule has 0 aromatic heterocycles. The van der Waals surface area contributed by atoms with Gasteiger partial charge in [0.25, 0.3) is 0 Å². The molecule has 25 heavy (non-hydrogen) atoms. The molecule has 0 saturated heterocycles. The maximum Gasteiger partial charge on any atom is 0.410 e. The highest BCUT2D eigenvalue weighted by Crippen LogP contribution is 2.32. The molecule has 1 amide bonds. The molecular weight excluding hydrogens is 362 g/mol. The number of ether oxygens (including phenoxy) is 1. The van der Waals surface area contributed by atoms with Crippen LogP contribution in [0.15, 0.2) is 54.6 Å². The third-order valence-corrected chi connectivity index (χ3v) is 5.30. The fraction of sp³-hybridized carbons (Fsp3) is 0.278. The van der Waals surface area contributed by atoms with E-state index in [4.69, 9.17) is 15.4 Å². The van der Waals surface area contributed by atoms with Crippen molar-refractivity contribution in [3.63, 3.8) is 0 Å². The van der Waals surface area contributed by atoms with Crippen LogP contribution in [-0.4, -0.2) is 31.7 Å². The molecule has 1 unspecified atom stereocenters. The number of halogens is 1. The highest BCUT2D eigenvalue weighted by molar-refractivity contribution is 8.13. The SMILES string of the molecule is O=C(OCc1ccccc1)N1CCc2ccccc2C1CS(=O)(=O)Cl. The van der Waals surface area contributed by atoms with Gasteiger partial charge in [-0.05, 0) is 23.1 Å². The maximum absolute atomic E-state index is 12.5. The molecule has 5 nitrogen and oxygen atoms in total. The van der Waals surface area contributed by atoms with Crippen molar-refractivity contribution in [2.24, 2.45) is 0 Å². The van der Waals surface area contributed by atoms with Crippen LogP contribution < -0.4 is 0 Å². The minimum Gasteiger partial charge on any atom is -0.445 e. The lowest BCUT2D eigenvalue weighted by Crippen LogP contribution is -2.42. The minimum atomic E-state index is -3.78. The van der Waals surface area contributed by atoms with Crippen LogP contribution in [0.3, 0.4) is 0 Å². The van der Waals surface area contributed by atoms with Gasteiger partial charge in [-0.2, -0.15) is 0 Å². The zero-order valence-corrected chi connectivity index (χ0v) is 15.0. The molecule has 0 radical (unpaired) electrons. The molecule has 0 aliphatic carbocycles. The smallest absolute Gasteiger partial charge is 0.410 e. The zero-order chi connectivity index (χ0) is 17.9. The summed E-state index contributed by atoms with van der Waals surface area (Å²) >= 11 is 0. The summed E-state index contributed by atoms with van der Waals surface area (Å²) in [5.74, 6) is -0.341. The molecule has 3 rings (SSSR count). The van der Waals surface area contributed by atoms with Gasteiger partial charge in [0.1, 0.15) is 6.61 Å². The van der Waals surface area contributed by atoms with E-state index in [1.165, 1.54) is 4.90 Å². The van der Waals surface area contributed by atoms with Gasteiger partial charge in [-0.25, -0.2) is 13.2 Å². The van der Waals surface area contributed by atoms with Gasteiger partial charge >= 0.3 is 6.09 Å². The van der Waals surface area contributed by atoms with Crippen molar-refractivity contribution in [3.05, 3.63) is 71.3 Å². The van der Waals surface area contributed by atoms with Gasteiger partial charge in [-0.15, -0.1) is 0 Å². The summed E-state index contributed by atoms with van der Waals surface area (Å²) < 4.78 is 28.7. The lowest BCUT2D eigenvalue weighted by Gasteiger charge is -2.36. The highest BCUT2D eigenvalue weighted by atomic mass is 35.7. The standard InChI is InChI=1S/C18H18ClNO4S/c19-25(22,23)13-17-16-9-5-4-8-15(16)10-11-20(17)18(21)24-12-14-6-2-1-3-7-14/h1-9,17H,10-13H2. The predicted octanol–water partition coefficient (Wildman–Crippen LogP) is 3.49. The van der Waals surface area contributed by atoms with Gasteiger partial charge < -0.3 is 4.74 Å². The Hall–Kier alpha value is -2.05. The summed E-state index contributed by atoms with van der Waals surface area (Å²) in [4.78, 5) is 14.0. The van der Waals surface area contributed by atoms with Crippen LogP contribution in [0, 0.1) is 0 Å². The van der Waals surface area contributed by atoms with Crippen LogP contribution in [-0.2, 0) is 26.8 Å². The molecular formula is C18H18ClNO4S. The molecule has 1 atom stereocenters. The first kappa shape index (κ1) is 17.8. The van der Waals surface area contributed by atoms with E-state index in [0.29, 0.717) is 13.0 Å². The normalized spacial score (nSPS) is 17.0. The number of benzene rings is 2. The third-order valence-electron chi connectivity index (χ3n) is 4.21. The Kier molecular flexibility index (Phi) is 5.30. The summed E-state index contributed by atoms with van der Waals surface area (Å²) in [6.07, 6.45) is 0.110. The second-order valence-corrected chi connectivity index (χ2v) is 8.73. The average Bonchev–Trinajstić information content (AvgIpc) is 2.60. The van der Waals surface area contributed by atoms with Gasteiger partial charge in [0.2, 0.25) is 9.05 Å². The topological polar surface area (TPSA) is 63.7 Å². The summed E-state index contributed by atoms with van der Waals surface area (Å²) in [5.41, 5.74) is 2.70. The molecule has 1 heterocycles. The Morgan fingerprint density at radius 3 is 2.52 bits per heavy atom. The first-order valence-corrected chi connectivity index (χ1v) is 10.4. The van der Waals surface area contributed by atoms with Crippen molar-refractivity contribution < 1.29 is 17.9 Å². The van der Waals surface area contributed by atoms with Gasteiger partial charge in [0, 0.05) is 17.2 Å². The molecule has 1 aliphatic heterocycles. The van der Waals surface area contributed by atoms with Gasteiger partial charge in [0.15, 0.2) is 0 Å². The monoisotopic (exact) mass is 379 g/mol. The number of carbonyl (C=O) groups excluding carboxylic acids is 1. The molecule has 0 saturated carbocycles. The number of hydrogen-bond acceptors (Lipinski definition) is 4. The van der Waals surface area contributed by atoms with Crippen molar-refractivity contribution in [1.29, 1.82) is 0 Å². The molecule has 1 aliphatic rings. The number of fused-ring (bicyclic) bond motifs is 1. The Bertz CT molecular complexity index is 854. The second kappa shape index (κ2) is 7.45. The summed E-state index contributed by atoms with van der Waals surface area (Å²) in [6.45, 7) is 0.528. The Morgan fingerprint density at radius 2 is 1.80 bits per heavy atom. The Balaban J connectivity index is 1.80. The van der Waals surface area contributed by atoms with Gasteiger partial charge in [-0.1, -0.05) is 54.6 Å². The van der Waals surface area contributed by atoms with Crippen LogP contribution in [0.1, 0.15) is 22.7 Å². The van der Waals surface area contributed by atoms with Crippen molar-refractivity contribution >= 4 is 25.8 Å². The van der Waals surface area contributed by atoms with Gasteiger partial charge in [0.05, 0.1) is 11.8 Å². The molecule has 7 heteroatoms. The van der Waals surface area contributed by atoms with E-state index in [2.05, 4.69) is 0 Å². The van der Waals surface area contributed by atoms with E-state index in [1.54, 1.807) is 0 Å². The van der Waals surface area contributed by atoms with Crippen LogP contribution in [0.2, 0.25) is 0 Å². The molecule has 0 bridgehead atoms. The quantitative estimate of drug-likeness (QED) is 0.763. The third kappa shape index (κ3) is 4.52. The predicted molar refractivity (Wildman–Crippen MR) is 95.9 cm³/mol. The highest BCUT2D eigenvalue weighted by Gasteiger charge is 2.34. The molecule has 0 spiro atoms. The average molecular weight is 380 g/mol. The van der Waals surface area contributed by atoms with E-state index in [1.807, 2.05) is 54.6 Å². The first-order valence-electron chi connectivity index (χ1n) is 7.91. The minimum absolute atomic E-state index is 0.137. The maximum atomic E-state index is 12.5. The van der Waals surface area contributed by atoms with Crippen LogP contribution in [0.25, 0.3) is 0 Å². The second-order valence-electron chi connectivity index (χ2n) is 5.90. The fourth-order valence-electron chi connectivity index (χ4n) is 3.04.